The Bertz CT molecular complexity index is 1720. The maximum atomic E-state index is 6.21. The highest BCUT2D eigenvalue weighted by Gasteiger charge is 2.15. The third-order valence-corrected chi connectivity index (χ3v) is 6.48. The first-order valence-electron chi connectivity index (χ1n) is 12.0. The Balaban J connectivity index is 1.48. The molecule has 176 valence electrons. The fourth-order valence-electron chi connectivity index (χ4n) is 4.74. The van der Waals surface area contributed by atoms with Crippen molar-refractivity contribution in [2.45, 2.75) is 6.92 Å². The van der Waals surface area contributed by atoms with Crippen molar-refractivity contribution in [2.75, 3.05) is 19.0 Å². The van der Waals surface area contributed by atoms with Crippen molar-refractivity contribution in [1.82, 2.24) is 14.5 Å². The van der Waals surface area contributed by atoms with E-state index in [0.29, 0.717) is 5.88 Å². The van der Waals surface area contributed by atoms with Gasteiger partial charge in [0.05, 0.1) is 16.7 Å². The number of pyridine rings is 2. The Hall–Kier alpha value is -4.64. The second-order valence-corrected chi connectivity index (χ2v) is 9.08. The zero-order valence-corrected chi connectivity index (χ0v) is 20.5. The number of aromatic nitrogens is 3. The van der Waals surface area contributed by atoms with Gasteiger partial charge in [-0.3, -0.25) is 4.57 Å². The number of hydrogen-bond acceptors (Lipinski definition) is 4. The number of rotatable bonds is 5. The van der Waals surface area contributed by atoms with Crippen molar-refractivity contribution in [1.29, 1.82) is 0 Å². The fraction of sp³-hybridized carbons (Fsp3) is 0.0968. The lowest BCUT2D eigenvalue weighted by Gasteiger charge is -2.16. The molecule has 3 heterocycles. The second kappa shape index (κ2) is 8.86. The summed E-state index contributed by atoms with van der Waals surface area (Å²) < 4.78 is 8.47. The molecule has 3 aromatic heterocycles. The first-order chi connectivity index (χ1) is 17.6. The van der Waals surface area contributed by atoms with E-state index in [-0.39, 0.29) is 0 Å². The van der Waals surface area contributed by atoms with E-state index < -0.39 is 0 Å². The monoisotopic (exact) mass is 470 g/mol. The van der Waals surface area contributed by atoms with Crippen LogP contribution in [-0.2, 0) is 0 Å². The molecule has 0 amide bonds. The van der Waals surface area contributed by atoms with Gasteiger partial charge in [-0.05, 0) is 66.1 Å². The van der Waals surface area contributed by atoms with Crippen molar-refractivity contribution in [3.63, 3.8) is 0 Å². The van der Waals surface area contributed by atoms with E-state index in [1.807, 2.05) is 55.5 Å². The van der Waals surface area contributed by atoms with Gasteiger partial charge < -0.3 is 9.64 Å². The van der Waals surface area contributed by atoms with Crippen molar-refractivity contribution in [2.24, 2.45) is 0 Å². The predicted octanol–water partition coefficient (Wildman–Crippen LogP) is 7.41. The summed E-state index contributed by atoms with van der Waals surface area (Å²) in [5.41, 5.74) is 6.52. The topological polar surface area (TPSA) is 43.2 Å². The van der Waals surface area contributed by atoms with Crippen LogP contribution in [0.1, 0.15) is 5.56 Å². The van der Waals surface area contributed by atoms with Crippen LogP contribution < -0.4 is 9.64 Å². The van der Waals surface area contributed by atoms with Crippen molar-refractivity contribution < 1.29 is 4.74 Å². The van der Waals surface area contributed by atoms with E-state index in [9.17, 15) is 0 Å². The minimum Gasteiger partial charge on any atom is -0.437 e. The van der Waals surface area contributed by atoms with E-state index in [4.69, 9.17) is 9.72 Å². The van der Waals surface area contributed by atoms with E-state index >= 15 is 0 Å². The number of benzene rings is 3. The molecule has 0 N–H and O–H groups in total. The minimum atomic E-state index is 0.584. The Morgan fingerprint density at radius 3 is 2.33 bits per heavy atom. The summed E-state index contributed by atoms with van der Waals surface area (Å²) in [5, 5.41) is 2.42. The molecule has 5 heteroatoms. The van der Waals surface area contributed by atoms with E-state index in [2.05, 4.69) is 77.1 Å². The molecule has 0 bridgehead atoms. The quantitative estimate of drug-likeness (QED) is 0.263. The minimum absolute atomic E-state index is 0.584. The van der Waals surface area contributed by atoms with E-state index in [1.54, 1.807) is 6.20 Å². The van der Waals surface area contributed by atoms with Gasteiger partial charge in [0.2, 0.25) is 5.88 Å². The van der Waals surface area contributed by atoms with Gasteiger partial charge in [-0.2, -0.15) is 0 Å². The molecule has 6 rings (SSSR count). The molecule has 5 nitrogen and oxygen atoms in total. The first kappa shape index (κ1) is 21.9. The zero-order chi connectivity index (χ0) is 24.6. The summed E-state index contributed by atoms with van der Waals surface area (Å²) >= 11 is 0. The van der Waals surface area contributed by atoms with Crippen molar-refractivity contribution in [3.8, 4) is 28.6 Å². The molecule has 6 aromatic rings. The molecule has 3 aromatic carbocycles. The van der Waals surface area contributed by atoms with Crippen LogP contribution >= 0.6 is 0 Å². The van der Waals surface area contributed by atoms with Crippen LogP contribution in [0.5, 0.6) is 11.6 Å². The molecule has 0 unspecified atom stereocenters. The number of aryl methyl sites for hydroxylation is 1. The van der Waals surface area contributed by atoms with Gasteiger partial charge in [0, 0.05) is 37.3 Å². The number of para-hydroxylation sites is 1. The highest BCUT2D eigenvalue weighted by atomic mass is 16.5. The predicted molar refractivity (Wildman–Crippen MR) is 147 cm³/mol. The fourth-order valence-corrected chi connectivity index (χ4v) is 4.74. The molecule has 0 atom stereocenters. The largest absolute Gasteiger partial charge is 0.437 e. The molecule has 0 aliphatic heterocycles. The normalized spacial score (nSPS) is 11.2. The van der Waals surface area contributed by atoms with Crippen molar-refractivity contribution in [3.05, 3.63) is 109 Å². The number of anilines is 1. The molecule has 0 fully saturated rings. The maximum Gasteiger partial charge on any atom is 0.243 e. The molecule has 0 radical (unpaired) electrons. The van der Waals surface area contributed by atoms with Gasteiger partial charge in [0.15, 0.2) is 0 Å². The van der Waals surface area contributed by atoms with Crippen LogP contribution in [0.2, 0.25) is 0 Å². The average molecular weight is 471 g/mol. The zero-order valence-electron chi connectivity index (χ0n) is 20.5. The molecule has 0 aliphatic carbocycles. The third kappa shape index (κ3) is 3.75. The molecule has 0 saturated carbocycles. The highest BCUT2D eigenvalue weighted by molar-refractivity contribution is 6.10. The van der Waals surface area contributed by atoms with E-state index in [0.717, 1.165) is 45.0 Å². The van der Waals surface area contributed by atoms with Crippen LogP contribution in [0.3, 0.4) is 0 Å². The van der Waals surface area contributed by atoms with Crippen molar-refractivity contribution >= 4 is 27.5 Å². The third-order valence-electron chi connectivity index (χ3n) is 6.48. The Kier molecular flexibility index (Phi) is 5.38. The summed E-state index contributed by atoms with van der Waals surface area (Å²) in [6.07, 6.45) is 3.60. The summed E-state index contributed by atoms with van der Waals surface area (Å²) in [6, 6.07) is 31.3. The SMILES string of the molecule is Cc1cccnc1-n1c2ccccc2c2ccc(-c3cccc(Oc4ncccc4N(C)C)c3)cc21. The number of hydrogen-bond donors (Lipinski definition) is 0. The Morgan fingerprint density at radius 1 is 0.694 bits per heavy atom. The van der Waals surface area contributed by atoms with Gasteiger partial charge in [0.1, 0.15) is 11.6 Å². The Morgan fingerprint density at radius 2 is 1.47 bits per heavy atom. The lowest BCUT2D eigenvalue weighted by molar-refractivity contribution is 0.463. The van der Waals surface area contributed by atoms with Gasteiger partial charge in [-0.1, -0.05) is 48.5 Å². The lowest BCUT2D eigenvalue weighted by atomic mass is 10.0. The molecule has 0 spiro atoms. The number of nitrogens with zero attached hydrogens (tertiary/aromatic N) is 4. The van der Waals surface area contributed by atoms with Crippen LogP contribution in [-0.4, -0.2) is 28.6 Å². The van der Waals surface area contributed by atoms with E-state index in [1.165, 1.54) is 10.8 Å². The summed E-state index contributed by atoms with van der Waals surface area (Å²) in [4.78, 5) is 11.2. The van der Waals surface area contributed by atoms with Crippen LogP contribution in [0, 0.1) is 6.92 Å². The molecule has 0 saturated heterocycles. The molecule has 36 heavy (non-hydrogen) atoms. The lowest BCUT2D eigenvalue weighted by Crippen LogP contribution is -2.10. The maximum absolute atomic E-state index is 6.21. The standard InChI is InChI=1S/C31H26N4O/c1-21-9-7-17-32-30(21)35-27-13-5-4-12-25(27)26-16-15-23(20-29(26)35)22-10-6-11-24(19-22)36-31-28(34(2)3)14-8-18-33-31/h4-20H,1-3H3. The van der Waals surface area contributed by atoms with Gasteiger partial charge >= 0.3 is 0 Å². The second-order valence-electron chi connectivity index (χ2n) is 9.08. The average Bonchev–Trinajstić information content (AvgIpc) is 3.23. The van der Waals surface area contributed by atoms with Crippen LogP contribution in [0.4, 0.5) is 5.69 Å². The van der Waals surface area contributed by atoms with Gasteiger partial charge in [-0.25, -0.2) is 9.97 Å². The smallest absolute Gasteiger partial charge is 0.243 e. The number of ether oxygens (including phenoxy) is 1. The molecular formula is C31H26N4O. The molecule has 0 aliphatic rings. The first-order valence-corrected chi connectivity index (χ1v) is 12.0. The van der Waals surface area contributed by atoms with Crippen LogP contribution in [0.15, 0.2) is 103 Å². The summed E-state index contributed by atoms with van der Waals surface area (Å²) in [7, 11) is 3.97. The number of fused-ring (bicyclic) bond motifs is 3. The van der Waals surface area contributed by atoms with Gasteiger partial charge in [-0.15, -0.1) is 0 Å². The highest BCUT2D eigenvalue weighted by Crippen LogP contribution is 2.36. The van der Waals surface area contributed by atoms with Crippen LogP contribution in [0.25, 0.3) is 38.8 Å². The molecular weight excluding hydrogens is 444 g/mol. The summed E-state index contributed by atoms with van der Waals surface area (Å²) in [6.45, 7) is 2.10. The Labute approximate surface area is 210 Å². The summed E-state index contributed by atoms with van der Waals surface area (Å²) in [5.74, 6) is 2.28. The van der Waals surface area contributed by atoms with Gasteiger partial charge in [0.25, 0.3) is 0 Å².